The molecule has 0 bridgehead atoms. The van der Waals surface area contributed by atoms with E-state index in [2.05, 4.69) is 0 Å². The molecule has 20 heavy (non-hydrogen) atoms. The summed E-state index contributed by atoms with van der Waals surface area (Å²) >= 11 is 6.06. The fraction of sp³-hybridized carbons (Fsp3) is 0.538. The summed E-state index contributed by atoms with van der Waals surface area (Å²) in [5, 5.41) is 0.384. The second-order valence-corrected chi connectivity index (χ2v) is 7.01. The van der Waals surface area contributed by atoms with Crippen molar-refractivity contribution in [2.75, 3.05) is 19.8 Å². The van der Waals surface area contributed by atoms with Crippen LogP contribution in [0.5, 0.6) is 0 Å². The smallest absolute Gasteiger partial charge is 0.243 e. The van der Waals surface area contributed by atoms with Crippen LogP contribution in [-0.2, 0) is 21.3 Å². The molecule has 1 atom stereocenters. The lowest BCUT2D eigenvalue weighted by Gasteiger charge is -2.34. The van der Waals surface area contributed by atoms with E-state index >= 15 is 0 Å². The summed E-state index contributed by atoms with van der Waals surface area (Å²) in [5.74, 6) is 0. The maximum atomic E-state index is 12.7. The van der Waals surface area contributed by atoms with Gasteiger partial charge in [0.05, 0.1) is 18.1 Å². The summed E-state index contributed by atoms with van der Waals surface area (Å²) in [6.45, 7) is 3.46. The average Bonchev–Trinajstić information content (AvgIpc) is 2.47. The fourth-order valence-electron chi connectivity index (χ4n) is 2.27. The topological polar surface area (TPSA) is 72.6 Å². The highest BCUT2D eigenvalue weighted by Gasteiger charge is 2.33. The van der Waals surface area contributed by atoms with Gasteiger partial charge in [0.1, 0.15) is 0 Å². The molecule has 1 fully saturated rings. The Bertz CT molecular complexity index is 577. The second kappa shape index (κ2) is 6.41. The first-order chi connectivity index (χ1) is 9.50. The normalized spacial score (nSPS) is 21.1. The van der Waals surface area contributed by atoms with Gasteiger partial charge in [-0.05, 0) is 24.1 Å². The van der Waals surface area contributed by atoms with E-state index in [1.54, 1.807) is 12.1 Å². The van der Waals surface area contributed by atoms with Crippen LogP contribution < -0.4 is 5.73 Å². The molecule has 1 aromatic carbocycles. The number of morpholine rings is 1. The van der Waals surface area contributed by atoms with Crippen LogP contribution >= 0.6 is 11.6 Å². The molecule has 1 aliphatic rings. The third-order valence-electron chi connectivity index (χ3n) is 3.50. The van der Waals surface area contributed by atoms with Crippen LogP contribution in [-0.4, -0.2) is 38.5 Å². The maximum absolute atomic E-state index is 12.7. The maximum Gasteiger partial charge on any atom is 0.243 e. The van der Waals surface area contributed by atoms with Gasteiger partial charge < -0.3 is 10.5 Å². The summed E-state index contributed by atoms with van der Waals surface area (Å²) in [5.41, 5.74) is 6.27. The lowest BCUT2D eigenvalue weighted by atomic mass is 10.2. The van der Waals surface area contributed by atoms with Gasteiger partial charge in [0.15, 0.2) is 0 Å². The van der Waals surface area contributed by atoms with Crippen molar-refractivity contribution >= 4 is 21.6 Å². The minimum Gasteiger partial charge on any atom is -0.378 e. The van der Waals surface area contributed by atoms with Gasteiger partial charge in [-0.1, -0.05) is 24.6 Å². The number of ether oxygens (including phenoxy) is 1. The molecule has 2 N–H and O–H groups in total. The van der Waals surface area contributed by atoms with Gasteiger partial charge in [0.2, 0.25) is 10.0 Å². The van der Waals surface area contributed by atoms with Crippen LogP contribution in [0.25, 0.3) is 0 Å². The molecule has 2 rings (SSSR count). The highest BCUT2D eigenvalue weighted by molar-refractivity contribution is 7.89. The molecule has 112 valence electrons. The number of nitrogens with two attached hydrogens (primary N) is 1. The number of hydrogen-bond acceptors (Lipinski definition) is 4. The number of halogens is 1. The molecular weight excluding hydrogens is 300 g/mol. The van der Waals surface area contributed by atoms with Crippen LogP contribution in [0, 0.1) is 0 Å². The second-order valence-electron chi connectivity index (χ2n) is 4.71. The fourth-order valence-corrected chi connectivity index (χ4v) is 4.28. The van der Waals surface area contributed by atoms with E-state index in [9.17, 15) is 8.42 Å². The van der Waals surface area contributed by atoms with Gasteiger partial charge in [-0.25, -0.2) is 8.42 Å². The molecule has 5 nitrogen and oxygen atoms in total. The van der Waals surface area contributed by atoms with Crippen molar-refractivity contribution in [2.45, 2.75) is 30.8 Å². The third kappa shape index (κ3) is 2.99. The van der Waals surface area contributed by atoms with Gasteiger partial charge in [-0.2, -0.15) is 4.31 Å². The molecule has 1 saturated heterocycles. The quantitative estimate of drug-likeness (QED) is 0.915. The zero-order valence-corrected chi connectivity index (χ0v) is 13.0. The monoisotopic (exact) mass is 318 g/mol. The van der Waals surface area contributed by atoms with E-state index in [0.29, 0.717) is 31.2 Å². The molecule has 0 saturated carbocycles. The lowest BCUT2D eigenvalue weighted by molar-refractivity contribution is 0.0314. The molecule has 0 radical (unpaired) electrons. The Hall–Kier alpha value is -0.660. The lowest BCUT2D eigenvalue weighted by Crippen LogP contribution is -2.48. The molecule has 0 amide bonds. The van der Waals surface area contributed by atoms with Gasteiger partial charge in [-0.3, -0.25) is 0 Å². The van der Waals surface area contributed by atoms with Crippen LogP contribution in [0.3, 0.4) is 0 Å². The van der Waals surface area contributed by atoms with Gasteiger partial charge in [-0.15, -0.1) is 0 Å². The summed E-state index contributed by atoms with van der Waals surface area (Å²) in [6, 6.07) is 4.57. The van der Waals surface area contributed by atoms with Crippen molar-refractivity contribution in [1.82, 2.24) is 4.31 Å². The Balaban J connectivity index is 2.36. The molecule has 1 aromatic rings. The van der Waals surface area contributed by atoms with E-state index in [4.69, 9.17) is 22.1 Å². The molecule has 7 heteroatoms. The van der Waals surface area contributed by atoms with Gasteiger partial charge in [0.25, 0.3) is 0 Å². The van der Waals surface area contributed by atoms with Crippen LogP contribution in [0.15, 0.2) is 23.1 Å². The number of rotatable bonds is 4. The Morgan fingerprint density at radius 1 is 1.50 bits per heavy atom. The molecule has 1 heterocycles. The Morgan fingerprint density at radius 2 is 2.25 bits per heavy atom. The van der Waals surface area contributed by atoms with Crippen LogP contribution in [0.2, 0.25) is 5.02 Å². The standard InChI is InChI=1S/C13H19ClN2O3S/c1-2-11-9-19-6-5-16(11)20(17,18)12-4-3-10(8-15)13(14)7-12/h3-4,7,11H,2,5-6,8-9,15H2,1H3. The number of sulfonamides is 1. The minimum atomic E-state index is -3.54. The highest BCUT2D eigenvalue weighted by atomic mass is 35.5. The first-order valence-electron chi connectivity index (χ1n) is 6.58. The average molecular weight is 319 g/mol. The summed E-state index contributed by atoms with van der Waals surface area (Å²) in [7, 11) is -3.54. The molecule has 1 unspecified atom stereocenters. The van der Waals surface area contributed by atoms with Crippen molar-refractivity contribution in [1.29, 1.82) is 0 Å². The highest BCUT2D eigenvalue weighted by Crippen LogP contribution is 2.26. The molecule has 0 aliphatic carbocycles. The predicted molar refractivity (Wildman–Crippen MR) is 78.1 cm³/mol. The summed E-state index contributed by atoms with van der Waals surface area (Å²) in [4.78, 5) is 0.208. The van der Waals surface area contributed by atoms with E-state index in [1.165, 1.54) is 10.4 Å². The number of nitrogens with zero attached hydrogens (tertiary/aromatic N) is 1. The zero-order valence-electron chi connectivity index (χ0n) is 11.4. The number of benzene rings is 1. The third-order valence-corrected chi connectivity index (χ3v) is 5.80. The van der Waals surface area contributed by atoms with E-state index < -0.39 is 10.0 Å². The molecule has 1 aliphatic heterocycles. The van der Waals surface area contributed by atoms with Gasteiger partial charge in [0, 0.05) is 24.2 Å². The van der Waals surface area contributed by atoms with Crippen LogP contribution in [0.1, 0.15) is 18.9 Å². The Labute approximate surface area is 124 Å². The van der Waals surface area contributed by atoms with E-state index in [0.717, 1.165) is 5.56 Å². The molecule has 0 spiro atoms. The van der Waals surface area contributed by atoms with Gasteiger partial charge >= 0.3 is 0 Å². The summed E-state index contributed by atoms with van der Waals surface area (Å²) in [6.07, 6.45) is 0.716. The van der Waals surface area contributed by atoms with Crippen molar-refractivity contribution in [3.8, 4) is 0 Å². The van der Waals surface area contributed by atoms with E-state index in [1.807, 2.05) is 6.92 Å². The Morgan fingerprint density at radius 3 is 2.85 bits per heavy atom. The van der Waals surface area contributed by atoms with Crippen molar-refractivity contribution in [3.05, 3.63) is 28.8 Å². The first kappa shape index (κ1) is 15.7. The largest absolute Gasteiger partial charge is 0.378 e. The van der Waals surface area contributed by atoms with Crippen molar-refractivity contribution < 1.29 is 13.2 Å². The minimum absolute atomic E-state index is 0.123. The zero-order chi connectivity index (χ0) is 14.8. The van der Waals surface area contributed by atoms with Crippen molar-refractivity contribution in [2.24, 2.45) is 5.73 Å². The van der Waals surface area contributed by atoms with E-state index in [-0.39, 0.29) is 17.5 Å². The summed E-state index contributed by atoms with van der Waals surface area (Å²) < 4.78 is 32.2. The molecule has 0 aromatic heterocycles. The predicted octanol–water partition coefficient (Wildman–Crippen LogP) is 1.60. The SMILES string of the molecule is CCC1COCCN1S(=O)(=O)c1ccc(CN)c(Cl)c1. The Kier molecular flexibility index (Phi) is 5.04. The first-order valence-corrected chi connectivity index (χ1v) is 8.40. The number of hydrogen-bond donors (Lipinski definition) is 1. The molecular formula is C13H19ClN2O3S. The van der Waals surface area contributed by atoms with Crippen molar-refractivity contribution in [3.63, 3.8) is 0 Å². The van der Waals surface area contributed by atoms with Crippen LogP contribution in [0.4, 0.5) is 0 Å².